The van der Waals surface area contributed by atoms with E-state index in [4.69, 9.17) is 5.21 Å². The van der Waals surface area contributed by atoms with Gasteiger partial charge in [0.25, 0.3) is 11.8 Å². The first-order valence-corrected chi connectivity index (χ1v) is 10.0. The van der Waals surface area contributed by atoms with Crippen LogP contribution in [-0.2, 0) is 13.0 Å². The molecule has 0 aliphatic carbocycles. The molecule has 1 aliphatic heterocycles. The van der Waals surface area contributed by atoms with Crippen molar-refractivity contribution < 1.29 is 19.9 Å². The predicted octanol–water partition coefficient (Wildman–Crippen LogP) is 2.79. The monoisotopic (exact) mass is 417 g/mol. The van der Waals surface area contributed by atoms with Gasteiger partial charge in [0.05, 0.1) is 11.3 Å². The van der Waals surface area contributed by atoms with Gasteiger partial charge in [-0.3, -0.25) is 19.7 Å². The van der Waals surface area contributed by atoms with Crippen LogP contribution in [-0.4, -0.2) is 39.9 Å². The molecule has 3 N–H and O–H groups in total. The molecular formula is C24H23N3O4. The van der Waals surface area contributed by atoms with Crippen LogP contribution in [0.1, 0.15) is 31.8 Å². The van der Waals surface area contributed by atoms with Crippen LogP contribution in [0.5, 0.6) is 0 Å². The predicted molar refractivity (Wildman–Crippen MR) is 116 cm³/mol. The van der Waals surface area contributed by atoms with Crippen molar-refractivity contribution >= 4 is 17.5 Å². The van der Waals surface area contributed by atoms with E-state index in [1.54, 1.807) is 40.7 Å². The number of benzene rings is 3. The molecule has 7 nitrogen and oxygen atoms in total. The van der Waals surface area contributed by atoms with E-state index in [1.807, 2.05) is 48.5 Å². The van der Waals surface area contributed by atoms with Crippen molar-refractivity contribution in [3.8, 4) is 0 Å². The lowest BCUT2D eigenvalue weighted by molar-refractivity contribution is 0.00120. The SMILES string of the molecule is O=C(NO)c1ccc(CN2c3ccccc3C(=O)N(CCc3ccccc3)C2O)cc1. The Kier molecular flexibility index (Phi) is 5.97. The Morgan fingerprint density at radius 1 is 0.871 bits per heavy atom. The minimum Gasteiger partial charge on any atom is -0.356 e. The number of nitrogens with zero attached hydrogens (tertiary/aromatic N) is 2. The van der Waals surface area contributed by atoms with Gasteiger partial charge >= 0.3 is 0 Å². The highest BCUT2D eigenvalue weighted by molar-refractivity contribution is 6.01. The van der Waals surface area contributed by atoms with E-state index in [2.05, 4.69) is 0 Å². The van der Waals surface area contributed by atoms with E-state index >= 15 is 0 Å². The Morgan fingerprint density at radius 2 is 1.55 bits per heavy atom. The van der Waals surface area contributed by atoms with Crippen LogP contribution in [0.3, 0.4) is 0 Å². The molecule has 0 aromatic heterocycles. The van der Waals surface area contributed by atoms with E-state index in [1.165, 1.54) is 4.90 Å². The van der Waals surface area contributed by atoms with Crippen molar-refractivity contribution in [3.63, 3.8) is 0 Å². The molecule has 0 radical (unpaired) electrons. The van der Waals surface area contributed by atoms with Gasteiger partial charge < -0.3 is 10.0 Å². The number of amides is 2. The third-order valence-corrected chi connectivity index (χ3v) is 5.42. The molecule has 1 unspecified atom stereocenters. The van der Waals surface area contributed by atoms with Crippen LogP contribution >= 0.6 is 0 Å². The molecule has 158 valence electrons. The number of carbonyl (C=O) groups excluding carboxylic acids is 2. The van der Waals surface area contributed by atoms with Gasteiger partial charge in [0.1, 0.15) is 0 Å². The Balaban J connectivity index is 1.59. The van der Waals surface area contributed by atoms with Gasteiger partial charge in [-0.15, -0.1) is 0 Å². The minimum absolute atomic E-state index is 0.203. The van der Waals surface area contributed by atoms with Gasteiger partial charge in [0.2, 0.25) is 6.35 Å². The van der Waals surface area contributed by atoms with E-state index in [0.29, 0.717) is 36.3 Å². The van der Waals surface area contributed by atoms with Crippen LogP contribution in [0, 0.1) is 0 Å². The lowest BCUT2D eigenvalue weighted by atomic mass is 10.0. The normalized spacial score (nSPS) is 15.5. The summed E-state index contributed by atoms with van der Waals surface area (Å²) in [6.07, 6.45) is -0.489. The number of rotatable bonds is 6. The second kappa shape index (κ2) is 8.99. The molecule has 0 saturated heterocycles. The summed E-state index contributed by atoms with van der Waals surface area (Å²) >= 11 is 0. The van der Waals surface area contributed by atoms with E-state index in [9.17, 15) is 14.7 Å². The highest BCUT2D eigenvalue weighted by Crippen LogP contribution is 2.31. The maximum absolute atomic E-state index is 13.1. The van der Waals surface area contributed by atoms with Crippen LogP contribution in [0.25, 0.3) is 0 Å². The summed E-state index contributed by atoms with van der Waals surface area (Å²) in [4.78, 5) is 27.9. The second-order valence-corrected chi connectivity index (χ2v) is 7.36. The van der Waals surface area contributed by atoms with E-state index in [-0.39, 0.29) is 5.91 Å². The topological polar surface area (TPSA) is 93.1 Å². The van der Waals surface area contributed by atoms with Crippen LogP contribution in [0.2, 0.25) is 0 Å². The van der Waals surface area contributed by atoms with Crippen molar-refractivity contribution in [2.75, 3.05) is 11.4 Å². The third kappa shape index (κ3) is 4.28. The van der Waals surface area contributed by atoms with Gasteiger partial charge in [-0.05, 0) is 41.8 Å². The molecule has 1 aliphatic rings. The number of hydroxylamine groups is 1. The smallest absolute Gasteiger partial charge is 0.274 e. The molecule has 1 atom stereocenters. The molecule has 0 saturated carbocycles. The number of para-hydroxylation sites is 1. The maximum Gasteiger partial charge on any atom is 0.274 e. The van der Waals surface area contributed by atoms with Crippen LogP contribution in [0.4, 0.5) is 5.69 Å². The van der Waals surface area contributed by atoms with Crippen molar-refractivity contribution in [2.24, 2.45) is 0 Å². The summed E-state index contributed by atoms with van der Waals surface area (Å²) in [6.45, 7) is 0.721. The van der Waals surface area contributed by atoms with E-state index < -0.39 is 12.3 Å². The highest BCUT2D eigenvalue weighted by Gasteiger charge is 2.36. The Labute approximate surface area is 180 Å². The molecule has 7 heteroatoms. The Bertz CT molecular complexity index is 1070. The van der Waals surface area contributed by atoms with Crippen molar-refractivity contribution in [1.82, 2.24) is 10.4 Å². The van der Waals surface area contributed by atoms with Gasteiger partial charge in [0, 0.05) is 18.7 Å². The van der Waals surface area contributed by atoms with Gasteiger partial charge in [0.15, 0.2) is 0 Å². The number of fused-ring (bicyclic) bond motifs is 1. The molecule has 4 rings (SSSR count). The van der Waals surface area contributed by atoms with Gasteiger partial charge in [-0.25, -0.2) is 5.48 Å². The number of hydrogen-bond acceptors (Lipinski definition) is 5. The zero-order valence-corrected chi connectivity index (χ0v) is 16.8. The molecule has 1 heterocycles. The zero-order chi connectivity index (χ0) is 21.8. The number of carbonyl (C=O) groups is 2. The molecule has 3 aromatic rings. The van der Waals surface area contributed by atoms with Crippen LogP contribution in [0.15, 0.2) is 78.9 Å². The summed E-state index contributed by atoms with van der Waals surface area (Å²) in [7, 11) is 0. The van der Waals surface area contributed by atoms with Crippen molar-refractivity contribution in [2.45, 2.75) is 19.3 Å². The highest BCUT2D eigenvalue weighted by atomic mass is 16.5. The summed E-state index contributed by atoms with van der Waals surface area (Å²) in [5.41, 5.74) is 5.07. The third-order valence-electron chi connectivity index (χ3n) is 5.42. The molecule has 0 fully saturated rings. The van der Waals surface area contributed by atoms with Crippen molar-refractivity contribution in [3.05, 3.63) is 101 Å². The van der Waals surface area contributed by atoms with Gasteiger partial charge in [-0.2, -0.15) is 0 Å². The minimum atomic E-state index is -1.12. The number of aliphatic hydroxyl groups excluding tert-OH is 1. The maximum atomic E-state index is 13.1. The number of aliphatic hydroxyl groups is 1. The zero-order valence-electron chi connectivity index (χ0n) is 16.8. The fourth-order valence-electron chi connectivity index (χ4n) is 3.76. The summed E-state index contributed by atoms with van der Waals surface area (Å²) < 4.78 is 0. The average molecular weight is 417 g/mol. The molecular weight excluding hydrogens is 394 g/mol. The quantitative estimate of drug-likeness (QED) is 0.424. The van der Waals surface area contributed by atoms with Crippen molar-refractivity contribution in [1.29, 1.82) is 0 Å². The van der Waals surface area contributed by atoms with E-state index in [0.717, 1.165) is 11.1 Å². The summed E-state index contributed by atoms with van der Waals surface area (Å²) in [5.74, 6) is -0.794. The molecule has 3 aromatic carbocycles. The Hall–Kier alpha value is -3.68. The fourth-order valence-corrected chi connectivity index (χ4v) is 3.76. The number of anilines is 1. The lowest BCUT2D eigenvalue weighted by Crippen LogP contribution is -2.55. The Morgan fingerprint density at radius 3 is 2.26 bits per heavy atom. The first-order chi connectivity index (χ1) is 15.1. The molecule has 2 amide bonds. The molecule has 31 heavy (non-hydrogen) atoms. The van der Waals surface area contributed by atoms with Gasteiger partial charge in [-0.1, -0.05) is 54.6 Å². The average Bonchev–Trinajstić information content (AvgIpc) is 2.82. The molecule has 0 spiro atoms. The summed E-state index contributed by atoms with van der Waals surface area (Å²) in [6, 6.07) is 23.8. The molecule has 0 bridgehead atoms. The largest absolute Gasteiger partial charge is 0.356 e. The second-order valence-electron chi connectivity index (χ2n) is 7.36. The number of hydrogen-bond donors (Lipinski definition) is 3. The summed E-state index contributed by atoms with van der Waals surface area (Å²) in [5, 5.41) is 19.9. The fraction of sp³-hybridized carbons (Fsp3) is 0.167. The number of nitrogens with one attached hydrogen (secondary N) is 1. The lowest BCUT2D eigenvalue weighted by Gasteiger charge is -2.42. The van der Waals surface area contributed by atoms with Crippen LogP contribution < -0.4 is 10.4 Å². The standard InChI is InChI=1S/C24H23N3O4/c28-22(25-31)19-12-10-18(11-13-19)16-27-21-9-5-4-8-20(21)23(29)26(24(27)30)15-14-17-6-2-1-3-7-17/h1-13,24,30-31H,14-16H2,(H,25,28). The first-order valence-electron chi connectivity index (χ1n) is 10.0. The first kappa shape index (κ1) is 20.6.